The van der Waals surface area contributed by atoms with Gasteiger partial charge in [-0.15, -0.1) is 0 Å². The van der Waals surface area contributed by atoms with E-state index in [0.29, 0.717) is 17.3 Å². The first kappa shape index (κ1) is 17.8. The Morgan fingerprint density at radius 1 is 1.28 bits per heavy atom. The number of carbonyl (C=O) groups excluding carboxylic acids is 1. The van der Waals surface area contributed by atoms with Crippen LogP contribution in [0.25, 0.3) is 5.65 Å². The third-order valence-electron chi connectivity index (χ3n) is 5.19. The molecule has 3 rings (SSSR count). The lowest BCUT2D eigenvalue weighted by Crippen LogP contribution is -2.52. The molecule has 0 spiro atoms. The summed E-state index contributed by atoms with van der Waals surface area (Å²) in [4.78, 5) is 23.9. The Hall–Kier alpha value is -1.99. The van der Waals surface area contributed by atoms with E-state index in [9.17, 15) is 4.79 Å². The standard InChI is InChI=1S/C18H28N6O/c1-5-22(6-2)12-15-9-19-17-16(10-20-24(17)13-15)18(25)23-8-7-21(4)14(3)11-23/h9-10,13-14H,5-8,11-12H2,1-4H3. The van der Waals surface area contributed by atoms with E-state index in [1.807, 2.05) is 17.3 Å². The van der Waals surface area contributed by atoms with Gasteiger partial charge < -0.3 is 9.80 Å². The summed E-state index contributed by atoms with van der Waals surface area (Å²) in [6.45, 7) is 11.7. The summed E-state index contributed by atoms with van der Waals surface area (Å²) >= 11 is 0. The fraction of sp³-hybridized carbons (Fsp3) is 0.611. The Bertz CT molecular complexity index is 738. The monoisotopic (exact) mass is 344 g/mol. The Morgan fingerprint density at radius 2 is 2.04 bits per heavy atom. The molecule has 1 atom stereocenters. The quantitative estimate of drug-likeness (QED) is 0.819. The fourth-order valence-electron chi connectivity index (χ4n) is 3.25. The van der Waals surface area contributed by atoms with Gasteiger partial charge in [-0.1, -0.05) is 13.8 Å². The van der Waals surface area contributed by atoms with Crippen LogP contribution in [0.15, 0.2) is 18.6 Å². The minimum absolute atomic E-state index is 0.0268. The molecule has 3 heterocycles. The fourth-order valence-corrected chi connectivity index (χ4v) is 3.25. The van der Waals surface area contributed by atoms with Crippen molar-refractivity contribution in [2.45, 2.75) is 33.4 Å². The second-order valence-electron chi connectivity index (χ2n) is 6.83. The molecular formula is C18H28N6O. The topological polar surface area (TPSA) is 57.0 Å². The molecule has 0 N–H and O–H groups in total. The van der Waals surface area contributed by atoms with Gasteiger partial charge in [0.2, 0.25) is 0 Å². The summed E-state index contributed by atoms with van der Waals surface area (Å²) in [5.74, 6) is 0.0268. The molecular weight excluding hydrogens is 316 g/mol. The van der Waals surface area contributed by atoms with Gasteiger partial charge in [0.15, 0.2) is 5.65 Å². The summed E-state index contributed by atoms with van der Waals surface area (Å²) in [6, 6.07) is 0.369. The highest BCUT2D eigenvalue weighted by Crippen LogP contribution is 2.16. The van der Waals surface area contributed by atoms with Gasteiger partial charge in [-0.3, -0.25) is 9.69 Å². The number of amides is 1. The predicted molar refractivity (Wildman–Crippen MR) is 97.6 cm³/mol. The summed E-state index contributed by atoms with van der Waals surface area (Å²) in [7, 11) is 2.10. The minimum Gasteiger partial charge on any atom is -0.336 e. The highest BCUT2D eigenvalue weighted by atomic mass is 16.2. The van der Waals surface area contributed by atoms with Crippen molar-refractivity contribution < 1.29 is 4.79 Å². The molecule has 0 aliphatic carbocycles. The van der Waals surface area contributed by atoms with Crippen LogP contribution in [0.5, 0.6) is 0 Å². The van der Waals surface area contributed by atoms with Gasteiger partial charge in [0, 0.05) is 50.2 Å². The maximum Gasteiger partial charge on any atom is 0.259 e. The molecule has 1 aliphatic rings. The minimum atomic E-state index is 0.0268. The van der Waals surface area contributed by atoms with Gasteiger partial charge in [-0.05, 0) is 27.1 Å². The van der Waals surface area contributed by atoms with E-state index in [1.165, 1.54) is 0 Å². The van der Waals surface area contributed by atoms with Crippen LogP contribution >= 0.6 is 0 Å². The van der Waals surface area contributed by atoms with Crippen molar-refractivity contribution in [3.8, 4) is 0 Å². The molecule has 2 aromatic heterocycles. The van der Waals surface area contributed by atoms with E-state index >= 15 is 0 Å². The highest BCUT2D eigenvalue weighted by molar-refractivity contribution is 5.99. The molecule has 0 radical (unpaired) electrons. The third kappa shape index (κ3) is 3.67. The smallest absolute Gasteiger partial charge is 0.259 e. The van der Waals surface area contributed by atoms with Crippen molar-refractivity contribution in [1.29, 1.82) is 0 Å². The first-order chi connectivity index (χ1) is 12.0. The molecule has 7 heteroatoms. The largest absolute Gasteiger partial charge is 0.336 e. The summed E-state index contributed by atoms with van der Waals surface area (Å²) in [6.07, 6.45) is 5.48. The lowest BCUT2D eigenvalue weighted by molar-refractivity contribution is 0.0574. The Kier molecular flexibility index (Phi) is 5.34. The summed E-state index contributed by atoms with van der Waals surface area (Å²) in [5, 5.41) is 4.37. The normalized spacial score (nSPS) is 19.1. The van der Waals surface area contributed by atoms with Crippen LogP contribution in [0.3, 0.4) is 0 Å². The average Bonchev–Trinajstić information content (AvgIpc) is 3.04. The van der Waals surface area contributed by atoms with Crippen LogP contribution in [0.2, 0.25) is 0 Å². The van der Waals surface area contributed by atoms with Crippen molar-refractivity contribution in [1.82, 2.24) is 29.3 Å². The zero-order chi connectivity index (χ0) is 18.0. The van der Waals surface area contributed by atoms with Gasteiger partial charge in [0.1, 0.15) is 5.56 Å². The summed E-state index contributed by atoms with van der Waals surface area (Å²) < 4.78 is 1.73. The number of fused-ring (bicyclic) bond motifs is 1. The molecule has 0 aromatic carbocycles. The number of aromatic nitrogens is 3. The van der Waals surface area contributed by atoms with E-state index < -0.39 is 0 Å². The third-order valence-corrected chi connectivity index (χ3v) is 5.19. The Morgan fingerprint density at radius 3 is 2.72 bits per heavy atom. The van der Waals surface area contributed by atoms with E-state index in [4.69, 9.17) is 0 Å². The molecule has 1 saturated heterocycles. The molecule has 1 amide bonds. The number of hydrogen-bond acceptors (Lipinski definition) is 5. The SMILES string of the molecule is CCN(CC)Cc1cnc2c(C(=O)N3CCN(C)C(C)C3)cnn2c1. The molecule has 1 unspecified atom stereocenters. The zero-order valence-electron chi connectivity index (χ0n) is 15.6. The highest BCUT2D eigenvalue weighted by Gasteiger charge is 2.27. The van der Waals surface area contributed by atoms with E-state index in [-0.39, 0.29) is 5.91 Å². The Labute approximate surface area is 149 Å². The van der Waals surface area contributed by atoms with E-state index in [0.717, 1.165) is 44.8 Å². The van der Waals surface area contributed by atoms with Crippen LogP contribution in [0, 0.1) is 0 Å². The van der Waals surface area contributed by atoms with Crippen LogP contribution in [0.4, 0.5) is 0 Å². The molecule has 1 aliphatic heterocycles. The van der Waals surface area contributed by atoms with Gasteiger partial charge in [0.25, 0.3) is 5.91 Å². The van der Waals surface area contributed by atoms with Crippen LogP contribution in [0.1, 0.15) is 36.7 Å². The van der Waals surface area contributed by atoms with Crippen LogP contribution in [-0.4, -0.2) is 81.0 Å². The first-order valence-corrected chi connectivity index (χ1v) is 9.07. The number of rotatable bonds is 5. The molecule has 0 bridgehead atoms. The van der Waals surface area contributed by atoms with E-state index in [2.05, 4.69) is 47.7 Å². The van der Waals surface area contributed by atoms with Crippen molar-refractivity contribution in [3.05, 3.63) is 29.7 Å². The van der Waals surface area contributed by atoms with Crippen molar-refractivity contribution in [2.24, 2.45) is 0 Å². The number of likely N-dealkylation sites (N-methyl/N-ethyl adjacent to an activating group) is 1. The lowest BCUT2D eigenvalue weighted by atomic mass is 10.2. The molecule has 2 aromatic rings. The number of piperazine rings is 1. The molecule has 0 saturated carbocycles. The lowest BCUT2D eigenvalue weighted by Gasteiger charge is -2.37. The maximum absolute atomic E-state index is 12.9. The zero-order valence-corrected chi connectivity index (χ0v) is 15.6. The summed E-state index contributed by atoms with van der Waals surface area (Å²) in [5.41, 5.74) is 2.33. The molecule has 25 heavy (non-hydrogen) atoms. The first-order valence-electron chi connectivity index (χ1n) is 9.07. The van der Waals surface area contributed by atoms with Crippen molar-refractivity contribution >= 4 is 11.6 Å². The molecule has 1 fully saturated rings. The van der Waals surface area contributed by atoms with Crippen molar-refractivity contribution in [2.75, 3.05) is 39.8 Å². The number of nitrogens with zero attached hydrogens (tertiary/aromatic N) is 6. The van der Waals surface area contributed by atoms with Crippen molar-refractivity contribution in [3.63, 3.8) is 0 Å². The Balaban J connectivity index is 1.80. The number of hydrogen-bond donors (Lipinski definition) is 0. The second-order valence-corrected chi connectivity index (χ2v) is 6.83. The van der Waals surface area contributed by atoms with Crippen LogP contribution in [-0.2, 0) is 6.54 Å². The van der Waals surface area contributed by atoms with Crippen LogP contribution < -0.4 is 0 Å². The number of carbonyl (C=O) groups is 1. The molecule has 7 nitrogen and oxygen atoms in total. The van der Waals surface area contributed by atoms with Gasteiger partial charge in [-0.2, -0.15) is 5.10 Å². The average molecular weight is 344 g/mol. The van der Waals surface area contributed by atoms with Gasteiger partial charge in [-0.25, -0.2) is 9.50 Å². The van der Waals surface area contributed by atoms with E-state index in [1.54, 1.807) is 10.7 Å². The van der Waals surface area contributed by atoms with Gasteiger partial charge in [0.05, 0.1) is 6.20 Å². The predicted octanol–water partition coefficient (Wildman–Crippen LogP) is 1.35. The maximum atomic E-state index is 12.9. The second kappa shape index (κ2) is 7.49. The van der Waals surface area contributed by atoms with Gasteiger partial charge >= 0.3 is 0 Å². The molecule has 136 valence electrons.